The second-order valence-corrected chi connectivity index (χ2v) is 7.84. The number of halogens is 1. The van der Waals surface area contributed by atoms with Crippen LogP contribution in [0.5, 0.6) is 11.5 Å². The fourth-order valence-electron chi connectivity index (χ4n) is 2.50. The van der Waals surface area contributed by atoms with E-state index in [1.807, 2.05) is 49.4 Å². The van der Waals surface area contributed by atoms with Gasteiger partial charge in [0.15, 0.2) is 11.5 Å². The van der Waals surface area contributed by atoms with E-state index >= 15 is 0 Å². The van der Waals surface area contributed by atoms with Gasteiger partial charge in [0.05, 0.1) is 13.7 Å². The van der Waals surface area contributed by atoms with Gasteiger partial charge in [-0.15, -0.1) is 10.2 Å². The third-order valence-electron chi connectivity index (χ3n) is 4.03. The SMILES string of the molecule is CCOc1ccc(/C=C/C(=O)N(C)c2nnc(-c3ccc(Br)cc3)s2)cc1OC. The number of benzene rings is 2. The Hall–Kier alpha value is -2.71. The molecule has 3 rings (SSSR count). The lowest BCUT2D eigenvalue weighted by molar-refractivity contribution is -0.113. The summed E-state index contributed by atoms with van der Waals surface area (Å²) in [6.07, 6.45) is 3.23. The van der Waals surface area contributed by atoms with Crippen molar-refractivity contribution >= 4 is 44.4 Å². The molecule has 29 heavy (non-hydrogen) atoms. The van der Waals surface area contributed by atoms with Crippen LogP contribution in [0.25, 0.3) is 16.6 Å². The zero-order valence-corrected chi connectivity index (χ0v) is 18.7. The van der Waals surface area contributed by atoms with Gasteiger partial charge in [-0.25, -0.2) is 0 Å². The van der Waals surface area contributed by atoms with Gasteiger partial charge in [-0.05, 0) is 42.8 Å². The second kappa shape index (κ2) is 9.67. The molecule has 1 amide bonds. The maximum Gasteiger partial charge on any atom is 0.252 e. The van der Waals surface area contributed by atoms with Crippen molar-refractivity contribution in [3.05, 3.63) is 58.6 Å². The van der Waals surface area contributed by atoms with Crippen molar-refractivity contribution < 1.29 is 14.3 Å². The number of carbonyl (C=O) groups excluding carboxylic acids is 1. The summed E-state index contributed by atoms with van der Waals surface area (Å²) in [7, 11) is 3.26. The number of hydrogen-bond donors (Lipinski definition) is 0. The summed E-state index contributed by atoms with van der Waals surface area (Å²) in [5.41, 5.74) is 1.79. The molecule has 0 bridgehead atoms. The number of rotatable bonds is 7. The molecule has 0 spiro atoms. The van der Waals surface area contributed by atoms with Crippen LogP contribution in [-0.4, -0.2) is 36.9 Å². The molecule has 0 atom stereocenters. The van der Waals surface area contributed by atoms with Gasteiger partial charge in [-0.3, -0.25) is 9.69 Å². The molecule has 0 aliphatic heterocycles. The van der Waals surface area contributed by atoms with Gasteiger partial charge in [0.25, 0.3) is 5.91 Å². The molecule has 0 unspecified atom stereocenters. The van der Waals surface area contributed by atoms with Crippen LogP contribution in [0.3, 0.4) is 0 Å². The van der Waals surface area contributed by atoms with E-state index in [0.717, 1.165) is 20.6 Å². The number of amides is 1. The number of likely N-dealkylation sites (N-methyl/N-ethyl adjacent to an activating group) is 1. The molecule has 0 saturated heterocycles. The monoisotopic (exact) mass is 473 g/mol. The van der Waals surface area contributed by atoms with Crippen LogP contribution >= 0.6 is 27.3 Å². The Bertz CT molecular complexity index is 1020. The smallest absolute Gasteiger partial charge is 0.252 e. The molecule has 6 nitrogen and oxygen atoms in total. The minimum absolute atomic E-state index is 0.198. The highest BCUT2D eigenvalue weighted by Gasteiger charge is 2.14. The molecular formula is C21H20BrN3O3S. The summed E-state index contributed by atoms with van der Waals surface area (Å²) in [6.45, 7) is 2.47. The van der Waals surface area contributed by atoms with Gasteiger partial charge in [-0.1, -0.05) is 45.5 Å². The van der Waals surface area contributed by atoms with Crippen molar-refractivity contribution in [2.75, 3.05) is 25.7 Å². The number of anilines is 1. The Kier molecular flexibility index (Phi) is 7.00. The van der Waals surface area contributed by atoms with E-state index in [0.29, 0.717) is 23.2 Å². The number of methoxy groups -OCH3 is 1. The van der Waals surface area contributed by atoms with Gasteiger partial charge < -0.3 is 9.47 Å². The van der Waals surface area contributed by atoms with Crippen LogP contribution in [0.1, 0.15) is 12.5 Å². The third-order valence-corrected chi connectivity index (χ3v) is 5.61. The van der Waals surface area contributed by atoms with Gasteiger partial charge in [-0.2, -0.15) is 0 Å². The van der Waals surface area contributed by atoms with Gasteiger partial charge in [0.2, 0.25) is 5.13 Å². The van der Waals surface area contributed by atoms with Crippen molar-refractivity contribution in [3.63, 3.8) is 0 Å². The maximum absolute atomic E-state index is 12.5. The van der Waals surface area contributed by atoms with E-state index in [2.05, 4.69) is 26.1 Å². The zero-order chi connectivity index (χ0) is 20.8. The quantitative estimate of drug-likeness (QED) is 0.449. The molecule has 0 N–H and O–H groups in total. The highest BCUT2D eigenvalue weighted by Crippen LogP contribution is 2.30. The average Bonchev–Trinajstić information content (AvgIpc) is 3.23. The fourth-order valence-corrected chi connectivity index (χ4v) is 3.58. The van der Waals surface area contributed by atoms with Gasteiger partial charge in [0, 0.05) is 23.2 Å². The van der Waals surface area contributed by atoms with E-state index in [1.54, 1.807) is 20.2 Å². The molecule has 0 radical (unpaired) electrons. The van der Waals surface area contributed by atoms with E-state index < -0.39 is 0 Å². The first-order valence-corrected chi connectivity index (χ1v) is 10.5. The highest BCUT2D eigenvalue weighted by atomic mass is 79.9. The molecular weight excluding hydrogens is 454 g/mol. The molecule has 0 aliphatic rings. The third kappa shape index (κ3) is 5.21. The molecule has 3 aromatic rings. The minimum atomic E-state index is -0.198. The molecule has 8 heteroatoms. The number of hydrogen-bond acceptors (Lipinski definition) is 6. The summed E-state index contributed by atoms with van der Waals surface area (Å²) in [4.78, 5) is 14.0. The topological polar surface area (TPSA) is 64.5 Å². The van der Waals surface area contributed by atoms with E-state index in [9.17, 15) is 4.79 Å². The number of nitrogens with zero attached hydrogens (tertiary/aromatic N) is 3. The Morgan fingerprint density at radius 3 is 2.62 bits per heavy atom. The van der Waals surface area contributed by atoms with Crippen LogP contribution < -0.4 is 14.4 Å². The second-order valence-electron chi connectivity index (χ2n) is 5.97. The lowest BCUT2D eigenvalue weighted by atomic mass is 10.2. The summed E-state index contributed by atoms with van der Waals surface area (Å²) >= 11 is 4.78. The minimum Gasteiger partial charge on any atom is -0.493 e. The summed E-state index contributed by atoms with van der Waals surface area (Å²) in [5.74, 6) is 1.10. The summed E-state index contributed by atoms with van der Waals surface area (Å²) in [5, 5.41) is 9.62. The first kappa shape index (κ1) is 21.0. The van der Waals surface area contributed by atoms with Crippen LogP contribution in [0.15, 0.2) is 53.0 Å². The van der Waals surface area contributed by atoms with E-state index in [4.69, 9.17) is 9.47 Å². The van der Waals surface area contributed by atoms with Crippen molar-refractivity contribution in [3.8, 4) is 22.1 Å². The van der Waals surface area contributed by atoms with Crippen molar-refractivity contribution in [2.24, 2.45) is 0 Å². The predicted octanol–water partition coefficient (Wildman–Crippen LogP) is 5.05. The summed E-state index contributed by atoms with van der Waals surface area (Å²) in [6, 6.07) is 13.3. The fraction of sp³-hybridized carbons (Fsp3) is 0.190. The Morgan fingerprint density at radius 1 is 1.17 bits per heavy atom. The molecule has 0 fully saturated rings. The molecule has 0 saturated carbocycles. The molecule has 0 aliphatic carbocycles. The van der Waals surface area contributed by atoms with Gasteiger partial charge in [0.1, 0.15) is 5.01 Å². The lowest BCUT2D eigenvalue weighted by Crippen LogP contribution is -2.23. The Labute approximate surface area is 181 Å². The normalized spacial score (nSPS) is 10.9. The lowest BCUT2D eigenvalue weighted by Gasteiger charge is -2.11. The molecule has 150 valence electrons. The van der Waals surface area contributed by atoms with Crippen LogP contribution in [-0.2, 0) is 4.79 Å². The van der Waals surface area contributed by atoms with Crippen LogP contribution in [0, 0.1) is 0 Å². The predicted molar refractivity (Wildman–Crippen MR) is 120 cm³/mol. The highest BCUT2D eigenvalue weighted by molar-refractivity contribution is 9.10. The van der Waals surface area contributed by atoms with Crippen LogP contribution in [0.2, 0.25) is 0 Å². The standard InChI is InChI=1S/C21H20BrN3O3S/c1-4-28-17-11-5-14(13-18(17)27-3)6-12-19(26)25(2)21-24-23-20(29-21)15-7-9-16(22)10-8-15/h5-13H,4H2,1-3H3/b12-6+. The molecule has 1 heterocycles. The first-order chi connectivity index (χ1) is 14.0. The number of carbonyl (C=O) groups is 1. The Balaban J connectivity index is 1.71. The van der Waals surface area contributed by atoms with Gasteiger partial charge >= 0.3 is 0 Å². The van der Waals surface area contributed by atoms with Crippen molar-refractivity contribution in [1.29, 1.82) is 0 Å². The number of aromatic nitrogens is 2. The molecule has 1 aromatic heterocycles. The maximum atomic E-state index is 12.5. The zero-order valence-electron chi connectivity index (χ0n) is 16.3. The largest absolute Gasteiger partial charge is 0.493 e. The van der Waals surface area contributed by atoms with Crippen LogP contribution in [0.4, 0.5) is 5.13 Å². The van der Waals surface area contributed by atoms with E-state index in [1.165, 1.54) is 22.3 Å². The van der Waals surface area contributed by atoms with Crippen molar-refractivity contribution in [2.45, 2.75) is 6.92 Å². The van der Waals surface area contributed by atoms with Crippen molar-refractivity contribution in [1.82, 2.24) is 10.2 Å². The molecule has 2 aromatic carbocycles. The summed E-state index contributed by atoms with van der Waals surface area (Å²) < 4.78 is 11.8. The number of ether oxygens (including phenoxy) is 2. The van der Waals surface area contributed by atoms with E-state index in [-0.39, 0.29) is 5.91 Å². The Morgan fingerprint density at radius 2 is 1.93 bits per heavy atom. The average molecular weight is 474 g/mol. The first-order valence-electron chi connectivity index (χ1n) is 8.88.